The molecule has 0 radical (unpaired) electrons. The molecule has 4 aromatic rings. The number of methoxy groups -OCH3 is 2. The molecule has 9 nitrogen and oxygen atoms in total. The molecule has 0 saturated heterocycles. The minimum Gasteiger partial charge on any atom is -0.504 e. The highest BCUT2D eigenvalue weighted by atomic mass is 79.9. The minimum absolute atomic E-state index is 0.0329. The smallest absolute Gasteiger partial charge is 0.306 e. The van der Waals surface area contributed by atoms with Crippen molar-refractivity contribution in [1.29, 1.82) is 0 Å². The van der Waals surface area contributed by atoms with Crippen LogP contribution < -0.4 is 9.47 Å². The van der Waals surface area contributed by atoms with E-state index in [2.05, 4.69) is 15.9 Å². The number of aromatic hydroxyl groups is 1. The van der Waals surface area contributed by atoms with Gasteiger partial charge in [0, 0.05) is 28.3 Å². The number of hydrogen-bond acceptors (Lipinski definition) is 11. The maximum atomic E-state index is 12.3. The van der Waals surface area contributed by atoms with Gasteiger partial charge in [0.1, 0.15) is 17.0 Å². The van der Waals surface area contributed by atoms with Gasteiger partial charge in [0.05, 0.1) is 41.3 Å². The predicted molar refractivity (Wildman–Crippen MR) is 185 cm³/mol. The van der Waals surface area contributed by atoms with E-state index in [0.29, 0.717) is 15.5 Å². The Morgan fingerprint density at radius 2 is 1.07 bits per heavy atom. The zero-order chi connectivity index (χ0) is 34.4. The van der Waals surface area contributed by atoms with Crippen LogP contribution in [0.4, 0.5) is 0 Å². The van der Waals surface area contributed by atoms with Crippen molar-refractivity contribution in [2.24, 2.45) is 0 Å². The van der Waals surface area contributed by atoms with Crippen molar-refractivity contribution in [2.75, 3.05) is 14.2 Å². The summed E-state index contributed by atoms with van der Waals surface area (Å²) in [4.78, 5) is 49.1. The van der Waals surface area contributed by atoms with Crippen molar-refractivity contribution in [2.45, 2.75) is 78.4 Å². The molecule has 2 heterocycles. The SMILES string of the molecule is COc1cc2sc(C(=O)CCC(=O)OC(C)(C)C)cc2cc1Br.COc1cc2sc(C(=O)CCC(=O)OC(C)(C)C)cc2cc1O. The van der Waals surface area contributed by atoms with Gasteiger partial charge in [0.2, 0.25) is 0 Å². The Kier molecular flexibility index (Phi) is 12.4. The topological polar surface area (TPSA) is 125 Å². The molecule has 0 unspecified atom stereocenters. The number of hydrogen-bond donors (Lipinski definition) is 1. The standard InChI is InChI=1S/C17H19BrO4S.C17H20O5S/c1-17(2,3)22-16(20)6-5-12(19)15-8-10-7-11(18)13(21-4)9-14(10)23-15;1-17(2,3)22-16(20)6-5-11(18)15-8-10-7-12(19)13(21-4)9-14(10)23-15/h7-9H,5-6H2,1-4H3;7-9,19H,5-6H2,1-4H3. The van der Waals surface area contributed by atoms with Crippen LogP contribution in [-0.2, 0) is 19.1 Å². The fourth-order valence-corrected chi connectivity index (χ4v) is 6.76. The Labute approximate surface area is 284 Å². The summed E-state index contributed by atoms with van der Waals surface area (Å²) >= 11 is 6.16. The first-order chi connectivity index (χ1) is 21.4. The monoisotopic (exact) mass is 734 g/mol. The molecule has 2 aromatic carbocycles. The number of rotatable bonds is 10. The molecule has 0 saturated carbocycles. The van der Waals surface area contributed by atoms with Gasteiger partial charge in [0.25, 0.3) is 0 Å². The molecule has 2 aromatic heterocycles. The largest absolute Gasteiger partial charge is 0.504 e. The molecule has 0 amide bonds. The first-order valence-corrected chi connectivity index (χ1v) is 16.9. The van der Waals surface area contributed by atoms with Gasteiger partial charge in [-0.05, 0) is 98.6 Å². The van der Waals surface area contributed by atoms with Gasteiger partial charge in [-0.25, -0.2) is 0 Å². The Bertz CT molecular complexity index is 1610. The van der Waals surface area contributed by atoms with Gasteiger partial charge < -0.3 is 24.1 Å². The second-order valence-electron chi connectivity index (χ2n) is 12.3. The Morgan fingerprint density at radius 3 is 1.48 bits per heavy atom. The molecular weight excluding hydrogens is 696 g/mol. The molecule has 12 heteroatoms. The predicted octanol–water partition coefficient (Wildman–Crippen LogP) is 8.90. The molecule has 0 fully saturated rings. The molecule has 0 aliphatic carbocycles. The lowest BCUT2D eigenvalue weighted by molar-refractivity contribution is -0.155. The van der Waals surface area contributed by atoms with Crippen LogP contribution in [0.2, 0.25) is 0 Å². The van der Waals surface area contributed by atoms with Crippen LogP contribution in [0.25, 0.3) is 20.2 Å². The molecule has 0 atom stereocenters. The maximum Gasteiger partial charge on any atom is 0.306 e. The third kappa shape index (κ3) is 10.8. The molecule has 4 rings (SSSR count). The number of thiophene rings is 2. The molecule has 0 aliphatic heterocycles. The summed E-state index contributed by atoms with van der Waals surface area (Å²) in [6, 6.07) is 10.7. The van der Waals surface area contributed by atoms with Crippen LogP contribution in [0.5, 0.6) is 17.2 Å². The van der Waals surface area contributed by atoms with Crippen LogP contribution in [-0.4, -0.2) is 54.0 Å². The normalized spacial score (nSPS) is 11.5. The highest BCUT2D eigenvalue weighted by molar-refractivity contribution is 9.10. The van der Waals surface area contributed by atoms with E-state index in [0.717, 1.165) is 30.4 Å². The van der Waals surface area contributed by atoms with E-state index < -0.39 is 11.2 Å². The Balaban J connectivity index is 0.000000250. The van der Waals surface area contributed by atoms with E-state index in [1.807, 2.05) is 39.0 Å². The fraction of sp³-hybridized carbons (Fsp3) is 0.412. The first-order valence-electron chi connectivity index (χ1n) is 14.5. The van der Waals surface area contributed by atoms with Crippen LogP contribution in [0.1, 0.15) is 86.6 Å². The average molecular weight is 736 g/mol. The molecule has 0 spiro atoms. The highest BCUT2D eigenvalue weighted by Gasteiger charge is 2.20. The van der Waals surface area contributed by atoms with Crippen molar-refractivity contribution in [1.82, 2.24) is 0 Å². The fourth-order valence-electron chi connectivity index (χ4n) is 4.15. The van der Waals surface area contributed by atoms with Crippen LogP contribution in [0.15, 0.2) is 40.9 Å². The number of esters is 2. The second kappa shape index (κ2) is 15.4. The molecule has 0 bridgehead atoms. The van der Waals surface area contributed by atoms with Gasteiger partial charge in [-0.1, -0.05) is 0 Å². The molecule has 0 aliphatic rings. The number of fused-ring (bicyclic) bond motifs is 2. The van der Waals surface area contributed by atoms with Crippen LogP contribution in [0, 0.1) is 0 Å². The van der Waals surface area contributed by atoms with Gasteiger partial charge >= 0.3 is 11.9 Å². The van der Waals surface area contributed by atoms with Crippen LogP contribution >= 0.6 is 38.6 Å². The quantitative estimate of drug-likeness (QED) is 0.126. The molecule has 248 valence electrons. The third-order valence-electron chi connectivity index (χ3n) is 6.11. The number of phenolic OH excluding ortho intramolecular Hbond substituents is 1. The summed E-state index contributed by atoms with van der Waals surface area (Å²) in [5.41, 5.74) is -1.08. The van der Waals surface area contributed by atoms with Gasteiger partial charge in [-0.2, -0.15) is 0 Å². The van der Waals surface area contributed by atoms with Crippen molar-refractivity contribution in [3.05, 3.63) is 50.6 Å². The summed E-state index contributed by atoms with van der Waals surface area (Å²) < 4.78 is 23.4. The number of halogens is 1. The maximum absolute atomic E-state index is 12.3. The van der Waals surface area contributed by atoms with Gasteiger partial charge in [-0.15, -0.1) is 22.7 Å². The number of carbonyl (C=O) groups excluding carboxylic acids is 4. The second-order valence-corrected chi connectivity index (χ2v) is 15.3. The number of Topliss-reactive ketones (excluding diaryl/α,β-unsaturated/α-hetero) is 2. The number of ether oxygens (including phenoxy) is 4. The van der Waals surface area contributed by atoms with E-state index in [1.54, 1.807) is 46.1 Å². The summed E-state index contributed by atoms with van der Waals surface area (Å²) in [5.74, 6) is 0.232. The number of ketones is 2. The van der Waals surface area contributed by atoms with E-state index in [4.69, 9.17) is 18.9 Å². The third-order valence-corrected chi connectivity index (χ3v) is 9.01. The van der Waals surface area contributed by atoms with Crippen LogP contribution in [0.3, 0.4) is 0 Å². The lowest BCUT2D eigenvalue weighted by atomic mass is 10.1. The zero-order valence-electron chi connectivity index (χ0n) is 27.2. The lowest BCUT2D eigenvalue weighted by Gasteiger charge is -2.19. The van der Waals surface area contributed by atoms with E-state index in [1.165, 1.54) is 29.8 Å². The molecular formula is C34H39BrO9S2. The number of benzene rings is 2. The Hall–Kier alpha value is -3.48. The number of carbonyl (C=O) groups is 4. The summed E-state index contributed by atoms with van der Waals surface area (Å²) in [5, 5.41) is 11.5. The number of phenols is 1. The van der Waals surface area contributed by atoms with Gasteiger partial charge in [0.15, 0.2) is 23.1 Å². The highest BCUT2D eigenvalue weighted by Crippen LogP contribution is 2.37. The zero-order valence-corrected chi connectivity index (χ0v) is 30.4. The van der Waals surface area contributed by atoms with E-state index >= 15 is 0 Å². The average Bonchev–Trinajstić information content (AvgIpc) is 3.55. The van der Waals surface area contributed by atoms with Gasteiger partial charge in [-0.3, -0.25) is 19.2 Å². The summed E-state index contributed by atoms with van der Waals surface area (Å²) in [6.07, 6.45) is 0.404. The van der Waals surface area contributed by atoms with Crippen molar-refractivity contribution in [3.63, 3.8) is 0 Å². The molecule has 1 N–H and O–H groups in total. The summed E-state index contributed by atoms with van der Waals surface area (Å²) in [6.45, 7) is 10.8. The molecule has 46 heavy (non-hydrogen) atoms. The van der Waals surface area contributed by atoms with Crippen molar-refractivity contribution >= 4 is 82.3 Å². The van der Waals surface area contributed by atoms with Crippen molar-refractivity contribution < 1.29 is 43.2 Å². The lowest BCUT2D eigenvalue weighted by Crippen LogP contribution is -2.24. The Morgan fingerprint density at radius 1 is 0.652 bits per heavy atom. The van der Waals surface area contributed by atoms with E-state index in [-0.39, 0.29) is 54.9 Å². The van der Waals surface area contributed by atoms with E-state index in [9.17, 15) is 24.3 Å². The summed E-state index contributed by atoms with van der Waals surface area (Å²) in [7, 11) is 3.08. The van der Waals surface area contributed by atoms with Crippen molar-refractivity contribution in [3.8, 4) is 17.2 Å². The minimum atomic E-state index is -0.550. The first kappa shape index (κ1) is 37.0.